The molecule has 0 saturated heterocycles. The van der Waals surface area contributed by atoms with Crippen molar-refractivity contribution in [2.45, 2.75) is 44.4 Å². The zero-order chi connectivity index (χ0) is 17.6. The summed E-state index contributed by atoms with van der Waals surface area (Å²) in [5, 5.41) is 0. The second-order valence-electron chi connectivity index (χ2n) is 5.87. The van der Waals surface area contributed by atoms with Crippen LogP contribution >= 0.6 is 0 Å². The number of allylic oxidation sites excluding steroid dienone is 1. The number of carbonyl (C=O) groups is 1. The minimum absolute atomic E-state index is 0.192. The van der Waals surface area contributed by atoms with Crippen molar-refractivity contribution >= 4 is 21.6 Å². The van der Waals surface area contributed by atoms with Crippen LogP contribution in [0.1, 0.15) is 45.1 Å². The lowest BCUT2D eigenvalue weighted by atomic mass is 9.99. The fourth-order valence-corrected chi connectivity index (χ4v) is 3.98. The Morgan fingerprint density at radius 3 is 2.38 bits per heavy atom. The molecule has 1 aromatic rings. The van der Waals surface area contributed by atoms with E-state index in [1.54, 1.807) is 26.0 Å². The van der Waals surface area contributed by atoms with Crippen LogP contribution in [0.5, 0.6) is 0 Å². The lowest BCUT2D eigenvalue weighted by Gasteiger charge is -2.11. The highest BCUT2D eigenvalue weighted by molar-refractivity contribution is 7.89. The molecular formula is C18H25NO4S. The van der Waals surface area contributed by atoms with Crippen LogP contribution < -0.4 is 4.72 Å². The van der Waals surface area contributed by atoms with Crippen molar-refractivity contribution in [1.29, 1.82) is 0 Å². The molecule has 24 heavy (non-hydrogen) atoms. The Morgan fingerprint density at radius 1 is 1.21 bits per heavy atom. The fraction of sp³-hybridized carbons (Fsp3) is 0.500. The maximum Gasteiger partial charge on any atom is 0.338 e. The van der Waals surface area contributed by atoms with E-state index >= 15 is 0 Å². The van der Waals surface area contributed by atoms with Crippen LogP contribution in [0.3, 0.4) is 0 Å². The fourth-order valence-electron chi connectivity index (χ4n) is 2.94. The van der Waals surface area contributed by atoms with Gasteiger partial charge in [0.15, 0.2) is 0 Å². The van der Waals surface area contributed by atoms with E-state index in [1.807, 2.05) is 6.08 Å². The Balaban J connectivity index is 2.31. The minimum Gasteiger partial charge on any atom is -0.462 e. The Hall–Kier alpha value is -1.66. The third-order valence-electron chi connectivity index (χ3n) is 4.11. The molecule has 6 heteroatoms. The first-order chi connectivity index (χ1) is 11.5. The van der Waals surface area contributed by atoms with Crippen molar-refractivity contribution in [2.24, 2.45) is 5.92 Å². The molecule has 0 atom stereocenters. The number of sulfonamides is 1. The monoisotopic (exact) mass is 351 g/mol. The van der Waals surface area contributed by atoms with Gasteiger partial charge in [-0.15, -0.1) is 0 Å². The third-order valence-corrected chi connectivity index (χ3v) is 5.67. The molecule has 1 N–H and O–H groups in total. The van der Waals surface area contributed by atoms with Crippen molar-refractivity contribution in [1.82, 2.24) is 4.72 Å². The predicted octanol–water partition coefficient (Wildman–Crippen LogP) is 3.12. The summed E-state index contributed by atoms with van der Waals surface area (Å²) in [6.45, 7) is 4.15. The van der Waals surface area contributed by atoms with Gasteiger partial charge in [-0.2, -0.15) is 0 Å². The van der Waals surface area contributed by atoms with Gasteiger partial charge in [0.05, 0.1) is 17.1 Å². The smallest absolute Gasteiger partial charge is 0.338 e. The van der Waals surface area contributed by atoms with E-state index in [9.17, 15) is 13.2 Å². The first kappa shape index (κ1) is 18.7. The molecule has 0 aliphatic heterocycles. The summed E-state index contributed by atoms with van der Waals surface area (Å²) in [4.78, 5) is 12.5. The second-order valence-corrected chi connectivity index (χ2v) is 7.64. The van der Waals surface area contributed by atoms with Crippen LogP contribution in [0.25, 0.3) is 5.57 Å². The van der Waals surface area contributed by atoms with Crippen molar-refractivity contribution in [2.75, 3.05) is 13.2 Å². The Morgan fingerprint density at radius 2 is 1.83 bits per heavy atom. The van der Waals surface area contributed by atoms with Gasteiger partial charge in [-0.25, -0.2) is 17.9 Å². The van der Waals surface area contributed by atoms with E-state index < -0.39 is 10.0 Å². The maximum absolute atomic E-state index is 12.3. The molecule has 0 radical (unpaired) electrons. The van der Waals surface area contributed by atoms with Gasteiger partial charge >= 0.3 is 5.97 Å². The first-order valence-electron chi connectivity index (χ1n) is 8.47. The molecule has 1 fully saturated rings. The Kier molecular flexibility index (Phi) is 6.57. The van der Waals surface area contributed by atoms with Gasteiger partial charge in [-0.05, 0) is 43.4 Å². The number of carbonyl (C=O) groups excluding carboxylic acids is 1. The largest absolute Gasteiger partial charge is 0.462 e. The Labute approximate surface area is 144 Å². The lowest BCUT2D eigenvalue weighted by molar-refractivity contribution is -0.136. The summed E-state index contributed by atoms with van der Waals surface area (Å²) in [6.07, 6.45) is 6.50. The average Bonchev–Trinajstić information content (AvgIpc) is 3.06. The summed E-state index contributed by atoms with van der Waals surface area (Å²) in [6, 6.07) is 6.38. The molecule has 5 nitrogen and oxygen atoms in total. The van der Waals surface area contributed by atoms with E-state index in [-0.39, 0.29) is 10.9 Å². The zero-order valence-corrected chi connectivity index (χ0v) is 15.1. The molecule has 1 saturated carbocycles. The van der Waals surface area contributed by atoms with Crippen LogP contribution in [-0.4, -0.2) is 27.5 Å². The highest BCUT2D eigenvalue weighted by Gasteiger charge is 2.20. The van der Waals surface area contributed by atoms with Gasteiger partial charge in [0.2, 0.25) is 10.0 Å². The molecule has 0 heterocycles. The quantitative estimate of drug-likeness (QED) is 0.605. The molecule has 0 spiro atoms. The van der Waals surface area contributed by atoms with Gasteiger partial charge < -0.3 is 4.74 Å². The van der Waals surface area contributed by atoms with Gasteiger partial charge in [0.25, 0.3) is 0 Å². The average molecular weight is 351 g/mol. The number of nitrogens with one attached hydrogen (secondary N) is 1. The van der Waals surface area contributed by atoms with Crippen molar-refractivity contribution in [3.05, 3.63) is 35.9 Å². The van der Waals surface area contributed by atoms with Crippen LogP contribution in [0, 0.1) is 5.92 Å². The first-order valence-corrected chi connectivity index (χ1v) is 9.95. The molecule has 132 valence electrons. The predicted molar refractivity (Wildman–Crippen MR) is 93.9 cm³/mol. The molecule has 0 amide bonds. The van der Waals surface area contributed by atoms with Gasteiger partial charge in [-0.3, -0.25) is 0 Å². The zero-order valence-electron chi connectivity index (χ0n) is 14.2. The molecule has 1 aliphatic carbocycles. The van der Waals surface area contributed by atoms with E-state index in [4.69, 9.17) is 4.74 Å². The summed E-state index contributed by atoms with van der Waals surface area (Å²) in [5.74, 6) is 0.0289. The van der Waals surface area contributed by atoms with Crippen LogP contribution in [0.15, 0.2) is 35.2 Å². The van der Waals surface area contributed by atoms with Crippen molar-refractivity contribution in [3.8, 4) is 0 Å². The highest BCUT2D eigenvalue weighted by Crippen LogP contribution is 2.30. The molecule has 2 rings (SSSR count). The number of esters is 1. The number of rotatable bonds is 7. The van der Waals surface area contributed by atoms with Crippen LogP contribution in [-0.2, 0) is 19.6 Å². The van der Waals surface area contributed by atoms with Gasteiger partial charge in [-0.1, -0.05) is 38.0 Å². The Bertz CT molecular complexity index is 686. The van der Waals surface area contributed by atoms with E-state index in [2.05, 4.69) is 4.72 Å². The lowest BCUT2D eigenvalue weighted by Crippen LogP contribution is -2.23. The SMILES string of the molecule is CCNS(=O)(=O)c1ccc(/C(=C\C2CCCC2)C(=O)OCC)cc1. The minimum atomic E-state index is -3.49. The summed E-state index contributed by atoms with van der Waals surface area (Å²) in [7, 11) is -3.49. The summed E-state index contributed by atoms with van der Waals surface area (Å²) in [5.41, 5.74) is 1.21. The molecule has 0 unspecified atom stereocenters. The highest BCUT2D eigenvalue weighted by atomic mass is 32.2. The van der Waals surface area contributed by atoms with Crippen molar-refractivity contribution < 1.29 is 17.9 Å². The number of hydrogen-bond acceptors (Lipinski definition) is 4. The van der Waals surface area contributed by atoms with E-state index in [1.165, 1.54) is 25.0 Å². The number of benzene rings is 1. The molecule has 1 aromatic carbocycles. The van der Waals surface area contributed by atoms with E-state index in [0.717, 1.165) is 12.8 Å². The maximum atomic E-state index is 12.3. The summed E-state index contributed by atoms with van der Waals surface area (Å²) >= 11 is 0. The van der Waals surface area contributed by atoms with Gasteiger partial charge in [0.1, 0.15) is 0 Å². The normalized spacial score (nSPS) is 16.3. The number of ether oxygens (including phenoxy) is 1. The standard InChI is InChI=1S/C18H25NO4S/c1-3-19-24(21,22)16-11-9-15(10-12-16)17(18(20)23-4-2)13-14-7-5-6-8-14/h9-14,19H,3-8H2,1-2H3/b17-13+. The van der Waals surface area contributed by atoms with Crippen LogP contribution in [0.4, 0.5) is 0 Å². The molecule has 1 aliphatic rings. The van der Waals surface area contributed by atoms with E-state index in [0.29, 0.717) is 30.2 Å². The molecular weight excluding hydrogens is 326 g/mol. The topological polar surface area (TPSA) is 72.5 Å². The van der Waals surface area contributed by atoms with Crippen LogP contribution in [0.2, 0.25) is 0 Å². The second kappa shape index (κ2) is 8.44. The third kappa shape index (κ3) is 4.68. The number of hydrogen-bond donors (Lipinski definition) is 1. The molecule has 0 bridgehead atoms. The van der Waals surface area contributed by atoms with Gasteiger partial charge in [0, 0.05) is 6.54 Å². The van der Waals surface area contributed by atoms with Crippen molar-refractivity contribution in [3.63, 3.8) is 0 Å². The molecule has 0 aromatic heterocycles. The summed E-state index contributed by atoms with van der Waals surface area (Å²) < 4.78 is 31.6.